The molecule has 134 valence electrons. The van der Waals surface area contributed by atoms with Gasteiger partial charge in [-0.25, -0.2) is 0 Å². The zero-order valence-corrected chi connectivity index (χ0v) is 16.7. The third-order valence-electron chi connectivity index (χ3n) is 3.83. The molecule has 0 radical (unpaired) electrons. The van der Waals surface area contributed by atoms with Gasteiger partial charge in [0, 0.05) is 17.1 Å². The molecule has 0 fully saturated rings. The van der Waals surface area contributed by atoms with Gasteiger partial charge in [0.15, 0.2) is 5.11 Å². The van der Waals surface area contributed by atoms with Gasteiger partial charge in [0.05, 0.1) is 18.7 Å². The number of halogens is 1. The Morgan fingerprint density at radius 1 is 1.12 bits per heavy atom. The van der Waals surface area contributed by atoms with Gasteiger partial charge in [0.1, 0.15) is 5.75 Å². The number of ether oxygens (including phenoxy) is 1. The Morgan fingerprint density at radius 3 is 2.58 bits per heavy atom. The number of nitrogens with one attached hydrogen (secondary N) is 1. The van der Waals surface area contributed by atoms with Crippen LogP contribution in [-0.2, 0) is 13.1 Å². The van der Waals surface area contributed by atoms with Gasteiger partial charge in [-0.2, -0.15) is 0 Å². The van der Waals surface area contributed by atoms with Crippen LogP contribution in [0.1, 0.15) is 10.4 Å². The monoisotopic (exact) mass is 402 g/mol. The largest absolute Gasteiger partial charge is 0.495 e. The number of rotatable bonds is 6. The topological polar surface area (TPSA) is 24.5 Å². The molecule has 0 aliphatic rings. The maximum Gasteiger partial charge on any atom is 0.174 e. The van der Waals surface area contributed by atoms with E-state index in [4.69, 9.17) is 28.6 Å². The molecule has 0 saturated heterocycles. The molecule has 1 heterocycles. The van der Waals surface area contributed by atoms with E-state index >= 15 is 0 Å². The second kappa shape index (κ2) is 9.03. The first-order valence-corrected chi connectivity index (χ1v) is 9.78. The van der Waals surface area contributed by atoms with Crippen LogP contribution < -0.4 is 10.1 Å². The summed E-state index contributed by atoms with van der Waals surface area (Å²) < 4.78 is 5.20. The van der Waals surface area contributed by atoms with Crippen LogP contribution in [0.4, 0.5) is 5.69 Å². The summed E-state index contributed by atoms with van der Waals surface area (Å²) in [7, 11) is 1.60. The molecular formula is C20H19ClN2OS2. The fraction of sp³-hybridized carbons (Fsp3) is 0.150. The lowest BCUT2D eigenvalue weighted by Gasteiger charge is -2.26. The summed E-state index contributed by atoms with van der Waals surface area (Å²) in [4.78, 5) is 3.41. The van der Waals surface area contributed by atoms with Crippen molar-refractivity contribution in [3.8, 4) is 5.75 Å². The quantitative estimate of drug-likeness (QED) is 0.526. The highest BCUT2D eigenvalue weighted by molar-refractivity contribution is 7.80. The van der Waals surface area contributed by atoms with E-state index in [2.05, 4.69) is 39.9 Å². The van der Waals surface area contributed by atoms with Crippen LogP contribution in [-0.4, -0.2) is 17.1 Å². The molecule has 0 aliphatic heterocycles. The van der Waals surface area contributed by atoms with E-state index in [0.717, 1.165) is 18.8 Å². The van der Waals surface area contributed by atoms with Gasteiger partial charge in [0.25, 0.3) is 0 Å². The summed E-state index contributed by atoms with van der Waals surface area (Å²) in [6.45, 7) is 1.48. The summed E-state index contributed by atoms with van der Waals surface area (Å²) in [5.41, 5.74) is 2.05. The van der Waals surface area contributed by atoms with Crippen molar-refractivity contribution in [1.82, 2.24) is 4.90 Å². The molecular weight excluding hydrogens is 384 g/mol. The Kier molecular flexibility index (Phi) is 6.50. The molecule has 0 unspecified atom stereocenters. The Labute approximate surface area is 168 Å². The van der Waals surface area contributed by atoms with Gasteiger partial charge in [-0.15, -0.1) is 11.3 Å². The summed E-state index contributed by atoms with van der Waals surface area (Å²) >= 11 is 13.6. The maximum atomic E-state index is 6.22. The van der Waals surface area contributed by atoms with E-state index in [-0.39, 0.29) is 0 Å². The van der Waals surface area contributed by atoms with E-state index in [1.165, 1.54) is 10.4 Å². The van der Waals surface area contributed by atoms with Crippen molar-refractivity contribution in [2.75, 3.05) is 12.4 Å². The van der Waals surface area contributed by atoms with Gasteiger partial charge < -0.3 is 15.0 Å². The third kappa shape index (κ3) is 4.97. The lowest BCUT2D eigenvalue weighted by Crippen LogP contribution is -2.33. The average Bonchev–Trinajstić information content (AvgIpc) is 3.15. The molecule has 0 amide bonds. The van der Waals surface area contributed by atoms with Gasteiger partial charge >= 0.3 is 0 Å². The fourth-order valence-corrected chi connectivity index (χ4v) is 3.76. The zero-order chi connectivity index (χ0) is 18.4. The van der Waals surface area contributed by atoms with Crippen molar-refractivity contribution in [2.45, 2.75) is 13.1 Å². The summed E-state index contributed by atoms with van der Waals surface area (Å²) in [5, 5.41) is 6.57. The molecule has 26 heavy (non-hydrogen) atoms. The first kappa shape index (κ1) is 18.7. The van der Waals surface area contributed by atoms with Crippen molar-refractivity contribution < 1.29 is 4.74 Å². The molecule has 2 aromatic carbocycles. The second-order valence-electron chi connectivity index (χ2n) is 5.70. The summed E-state index contributed by atoms with van der Waals surface area (Å²) in [6.07, 6.45) is 0. The number of thiophene rings is 1. The second-order valence-corrected chi connectivity index (χ2v) is 7.53. The summed E-state index contributed by atoms with van der Waals surface area (Å²) in [6, 6.07) is 20.0. The maximum absolute atomic E-state index is 6.22. The third-order valence-corrected chi connectivity index (χ3v) is 5.35. The predicted molar refractivity (Wildman–Crippen MR) is 114 cm³/mol. The summed E-state index contributed by atoms with van der Waals surface area (Å²) in [5.74, 6) is 0.642. The molecule has 0 saturated carbocycles. The van der Waals surface area contributed by atoms with Crippen molar-refractivity contribution >= 4 is 46.0 Å². The molecule has 3 nitrogen and oxygen atoms in total. The van der Waals surface area contributed by atoms with Crippen molar-refractivity contribution in [3.05, 3.63) is 81.5 Å². The van der Waals surface area contributed by atoms with E-state index < -0.39 is 0 Å². The van der Waals surface area contributed by atoms with Gasteiger partial charge in [-0.05, 0) is 47.4 Å². The van der Waals surface area contributed by atoms with E-state index in [1.807, 2.05) is 36.4 Å². The number of methoxy groups -OCH3 is 1. The molecule has 1 aromatic heterocycles. The zero-order valence-electron chi connectivity index (χ0n) is 14.3. The van der Waals surface area contributed by atoms with Crippen LogP contribution in [0, 0.1) is 0 Å². The van der Waals surface area contributed by atoms with Crippen LogP contribution in [0.5, 0.6) is 5.75 Å². The number of thiocarbonyl (C=S) groups is 1. The molecule has 3 rings (SSSR count). The fourth-order valence-electron chi connectivity index (χ4n) is 2.54. The minimum atomic E-state index is 0.549. The Hall–Kier alpha value is -2.08. The van der Waals surface area contributed by atoms with Crippen molar-refractivity contribution in [2.24, 2.45) is 0 Å². The Bertz CT molecular complexity index is 854. The average molecular weight is 403 g/mol. The van der Waals surface area contributed by atoms with Gasteiger partial charge in [0.2, 0.25) is 0 Å². The van der Waals surface area contributed by atoms with E-state index in [1.54, 1.807) is 18.4 Å². The highest BCUT2D eigenvalue weighted by atomic mass is 35.5. The van der Waals surface area contributed by atoms with E-state index in [9.17, 15) is 0 Å². The molecule has 3 aromatic rings. The van der Waals surface area contributed by atoms with Crippen LogP contribution in [0.15, 0.2) is 66.0 Å². The van der Waals surface area contributed by atoms with Crippen LogP contribution in [0.3, 0.4) is 0 Å². The standard InChI is InChI=1S/C20H19ClN2OS2/c1-24-19-10-9-16(12-18(19)21)22-20(25)23(14-17-8-5-11-26-17)13-15-6-3-2-4-7-15/h2-12H,13-14H2,1H3,(H,22,25). The lowest BCUT2D eigenvalue weighted by molar-refractivity contribution is 0.414. The smallest absolute Gasteiger partial charge is 0.174 e. The molecule has 1 N–H and O–H groups in total. The van der Waals surface area contributed by atoms with Crippen LogP contribution in [0.2, 0.25) is 5.02 Å². The highest BCUT2D eigenvalue weighted by Crippen LogP contribution is 2.27. The first-order valence-electron chi connectivity index (χ1n) is 8.11. The highest BCUT2D eigenvalue weighted by Gasteiger charge is 2.13. The Balaban J connectivity index is 1.76. The molecule has 0 spiro atoms. The van der Waals surface area contributed by atoms with Gasteiger partial charge in [-0.1, -0.05) is 48.0 Å². The molecule has 6 heteroatoms. The number of hydrogen-bond donors (Lipinski definition) is 1. The minimum Gasteiger partial charge on any atom is -0.495 e. The van der Waals surface area contributed by atoms with Crippen molar-refractivity contribution in [3.63, 3.8) is 0 Å². The number of benzene rings is 2. The van der Waals surface area contributed by atoms with Crippen LogP contribution in [0.25, 0.3) is 0 Å². The minimum absolute atomic E-state index is 0.549. The normalized spacial score (nSPS) is 10.4. The molecule has 0 aliphatic carbocycles. The lowest BCUT2D eigenvalue weighted by atomic mass is 10.2. The number of nitrogens with zero attached hydrogens (tertiary/aromatic N) is 1. The predicted octanol–water partition coefficient (Wildman–Crippen LogP) is 5.81. The molecule has 0 atom stereocenters. The van der Waals surface area contributed by atoms with E-state index in [0.29, 0.717) is 15.9 Å². The van der Waals surface area contributed by atoms with Gasteiger partial charge in [-0.3, -0.25) is 0 Å². The number of anilines is 1. The number of hydrogen-bond acceptors (Lipinski definition) is 3. The molecule has 0 bridgehead atoms. The Morgan fingerprint density at radius 2 is 1.92 bits per heavy atom. The SMILES string of the molecule is COc1ccc(NC(=S)N(Cc2ccccc2)Cc2cccs2)cc1Cl. The first-order chi connectivity index (χ1) is 12.7. The van der Waals surface area contributed by atoms with Crippen molar-refractivity contribution in [1.29, 1.82) is 0 Å². The van der Waals surface area contributed by atoms with Crippen LogP contribution >= 0.6 is 35.2 Å².